The molecule has 0 bridgehead atoms. The molecule has 0 aliphatic heterocycles. The fourth-order valence-corrected chi connectivity index (χ4v) is 3.34. The molecule has 0 spiro atoms. The van der Waals surface area contributed by atoms with Crippen LogP contribution < -0.4 is 0 Å². The van der Waals surface area contributed by atoms with Gasteiger partial charge in [0.1, 0.15) is 6.54 Å². The fraction of sp³-hybridized carbons (Fsp3) is 0.478. The SMILES string of the molecule is CCCCN(Cc1cccn1C)C(=O)CN(C(=O)c1ccc(C)c([N+](=O)[O-])c1)C(C)C. The van der Waals surface area contributed by atoms with Crippen LogP contribution >= 0.6 is 0 Å². The van der Waals surface area contributed by atoms with Crippen LogP contribution in [0.25, 0.3) is 0 Å². The first kappa shape index (κ1) is 24.1. The maximum absolute atomic E-state index is 13.2. The van der Waals surface area contributed by atoms with Crippen LogP contribution in [0.2, 0.25) is 0 Å². The second-order valence-corrected chi connectivity index (χ2v) is 8.06. The number of unbranched alkanes of at least 4 members (excludes halogenated alkanes) is 1. The minimum absolute atomic E-state index is 0.0771. The van der Waals surface area contributed by atoms with Gasteiger partial charge in [0, 0.05) is 48.7 Å². The quantitative estimate of drug-likeness (QED) is 0.424. The van der Waals surface area contributed by atoms with E-state index in [4.69, 9.17) is 0 Å². The molecule has 0 aliphatic carbocycles. The molecular weight excluding hydrogens is 396 g/mol. The van der Waals surface area contributed by atoms with Crippen LogP contribution in [0.5, 0.6) is 0 Å². The number of aromatic nitrogens is 1. The van der Waals surface area contributed by atoms with Crippen molar-refractivity contribution in [2.45, 2.75) is 53.1 Å². The monoisotopic (exact) mass is 428 g/mol. The van der Waals surface area contributed by atoms with Crippen molar-refractivity contribution in [3.05, 3.63) is 63.5 Å². The van der Waals surface area contributed by atoms with E-state index in [9.17, 15) is 19.7 Å². The van der Waals surface area contributed by atoms with Gasteiger partial charge in [0.25, 0.3) is 11.6 Å². The van der Waals surface area contributed by atoms with Crippen molar-refractivity contribution in [3.63, 3.8) is 0 Å². The van der Waals surface area contributed by atoms with Gasteiger partial charge in [-0.15, -0.1) is 0 Å². The number of rotatable bonds is 10. The summed E-state index contributed by atoms with van der Waals surface area (Å²) in [5.74, 6) is -0.529. The number of amides is 2. The maximum atomic E-state index is 13.2. The van der Waals surface area contributed by atoms with Crippen LogP contribution in [0.15, 0.2) is 36.5 Å². The second-order valence-electron chi connectivity index (χ2n) is 8.06. The third-order valence-electron chi connectivity index (χ3n) is 5.38. The van der Waals surface area contributed by atoms with Gasteiger partial charge in [0.15, 0.2) is 0 Å². The average Bonchev–Trinajstić information content (AvgIpc) is 3.12. The number of nitrogens with zero attached hydrogens (tertiary/aromatic N) is 4. The van der Waals surface area contributed by atoms with Gasteiger partial charge >= 0.3 is 0 Å². The van der Waals surface area contributed by atoms with Gasteiger partial charge in [-0.1, -0.05) is 19.4 Å². The summed E-state index contributed by atoms with van der Waals surface area (Å²) in [6, 6.07) is 8.10. The predicted octanol–water partition coefficient (Wildman–Crippen LogP) is 3.92. The standard InChI is InChI=1S/C23H32N4O4/c1-6-7-13-25(15-20-9-8-12-24(20)5)22(28)16-26(17(2)3)23(29)19-11-10-18(4)21(14-19)27(30)31/h8-12,14,17H,6-7,13,15-16H2,1-5H3. The molecular formula is C23H32N4O4. The Hall–Kier alpha value is -3.16. The maximum Gasteiger partial charge on any atom is 0.273 e. The zero-order valence-electron chi connectivity index (χ0n) is 19.0. The largest absolute Gasteiger partial charge is 0.353 e. The van der Waals surface area contributed by atoms with Crippen LogP contribution in [-0.4, -0.2) is 50.2 Å². The van der Waals surface area contributed by atoms with Crippen molar-refractivity contribution in [2.24, 2.45) is 7.05 Å². The summed E-state index contributed by atoms with van der Waals surface area (Å²) >= 11 is 0. The van der Waals surface area contributed by atoms with Crippen molar-refractivity contribution in [3.8, 4) is 0 Å². The minimum Gasteiger partial charge on any atom is -0.353 e. The molecule has 31 heavy (non-hydrogen) atoms. The van der Waals surface area contributed by atoms with E-state index in [0.29, 0.717) is 18.7 Å². The normalized spacial score (nSPS) is 10.9. The molecule has 0 N–H and O–H groups in total. The summed E-state index contributed by atoms with van der Waals surface area (Å²) in [4.78, 5) is 40.3. The lowest BCUT2D eigenvalue weighted by Gasteiger charge is -2.30. The highest BCUT2D eigenvalue weighted by Crippen LogP contribution is 2.21. The molecule has 168 valence electrons. The zero-order chi connectivity index (χ0) is 23.1. The van der Waals surface area contributed by atoms with Crippen molar-refractivity contribution < 1.29 is 14.5 Å². The number of carbonyl (C=O) groups is 2. The highest BCUT2D eigenvalue weighted by Gasteiger charge is 2.26. The van der Waals surface area contributed by atoms with Crippen LogP contribution in [0, 0.1) is 17.0 Å². The third kappa shape index (κ3) is 6.16. The van der Waals surface area contributed by atoms with Crippen molar-refractivity contribution in [1.29, 1.82) is 0 Å². The molecule has 0 atom stereocenters. The highest BCUT2D eigenvalue weighted by molar-refractivity contribution is 5.97. The first-order valence-corrected chi connectivity index (χ1v) is 10.6. The summed E-state index contributed by atoms with van der Waals surface area (Å²) in [5, 5.41) is 11.3. The van der Waals surface area contributed by atoms with Gasteiger partial charge in [-0.3, -0.25) is 19.7 Å². The van der Waals surface area contributed by atoms with Gasteiger partial charge < -0.3 is 14.4 Å². The average molecular weight is 429 g/mol. The van der Waals surface area contributed by atoms with E-state index in [1.54, 1.807) is 24.0 Å². The Kier molecular flexibility index (Phi) is 8.36. The summed E-state index contributed by atoms with van der Waals surface area (Å²) in [5.41, 5.74) is 1.61. The predicted molar refractivity (Wildman–Crippen MR) is 120 cm³/mol. The number of hydrogen-bond donors (Lipinski definition) is 0. The van der Waals surface area contributed by atoms with Gasteiger partial charge in [-0.2, -0.15) is 0 Å². The summed E-state index contributed by atoms with van der Waals surface area (Å²) < 4.78 is 1.98. The van der Waals surface area contributed by atoms with Gasteiger partial charge in [0.05, 0.1) is 11.5 Å². The molecule has 0 unspecified atom stereocenters. The van der Waals surface area contributed by atoms with E-state index in [-0.39, 0.29) is 35.7 Å². The van der Waals surface area contributed by atoms with Gasteiger partial charge in [0.2, 0.25) is 5.91 Å². The van der Waals surface area contributed by atoms with Crippen LogP contribution in [0.4, 0.5) is 5.69 Å². The number of hydrogen-bond acceptors (Lipinski definition) is 4. The minimum atomic E-state index is -0.497. The Morgan fingerprint density at radius 3 is 2.48 bits per heavy atom. The van der Waals surface area contributed by atoms with Crippen molar-refractivity contribution in [1.82, 2.24) is 14.4 Å². The van der Waals surface area contributed by atoms with Gasteiger partial charge in [-0.05, 0) is 45.4 Å². The molecule has 0 saturated heterocycles. The molecule has 1 aromatic carbocycles. The molecule has 0 fully saturated rings. The molecule has 2 amide bonds. The van der Waals surface area contributed by atoms with Gasteiger partial charge in [-0.25, -0.2) is 0 Å². The fourth-order valence-electron chi connectivity index (χ4n) is 3.34. The number of nitro benzene ring substituents is 1. The first-order chi connectivity index (χ1) is 14.6. The first-order valence-electron chi connectivity index (χ1n) is 10.6. The molecule has 1 heterocycles. The highest BCUT2D eigenvalue weighted by atomic mass is 16.6. The van der Waals surface area contributed by atoms with Crippen molar-refractivity contribution in [2.75, 3.05) is 13.1 Å². The number of benzene rings is 1. The smallest absolute Gasteiger partial charge is 0.273 e. The Bertz CT molecular complexity index is 935. The molecule has 0 aliphatic rings. The molecule has 2 rings (SSSR count). The molecule has 1 aromatic heterocycles. The molecule has 0 radical (unpaired) electrons. The summed E-state index contributed by atoms with van der Waals surface area (Å²) in [6.07, 6.45) is 3.76. The van der Waals surface area contributed by atoms with Crippen LogP contribution in [0.1, 0.15) is 55.2 Å². The lowest BCUT2D eigenvalue weighted by molar-refractivity contribution is -0.385. The summed E-state index contributed by atoms with van der Waals surface area (Å²) in [7, 11) is 1.94. The van der Waals surface area contributed by atoms with E-state index in [2.05, 4.69) is 6.92 Å². The van der Waals surface area contributed by atoms with Crippen LogP contribution in [-0.2, 0) is 18.4 Å². The lowest BCUT2D eigenvalue weighted by atomic mass is 10.1. The third-order valence-corrected chi connectivity index (χ3v) is 5.38. The molecule has 8 heteroatoms. The summed E-state index contributed by atoms with van der Waals surface area (Å²) in [6.45, 7) is 8.37. The number of carbonyl (C=O) groups excluding carboxylic acids is 2. The van der Waals surface area contributed by atoms with E-state index in [0.717, 1.165) is 18.5 Å². The molecule has 8 nitrogen and oxygen atoms in total. The second kappa shape index (κ2) is 10.7. The van der Waals surface area contributed by atoms with E-state index in [1.807, 2.05) is 43.8 Å². The van der Waals surface area contributed by atoms with E-state index < -0.39 is 4.92 Å². The van der Waals surface area contributed by atoms with E-state index >= 15 is 0 Å². The van der Waals surface area contributed by atoms with E-state index in [1.165, 1.54) is 11.0 Å². The number of nitro groups is 1. The Balaban J connectivity index is 2.24. The zero-order valence-corrected chi connectivity index (χ0v) is 19.0. The Morgan fingerprint density at radius 2 is 1.94 bits per heavy atom. The van der Waals surface area contributed by atoms with Crippen molar-refractivity contribution >= 4 is 17.5 Å². The molecule has 2 aromatic rings. The lowest BCUT2D eigenvalue weighted by Crippen LogP contribution is -2.46. The molecule has 0 saturated carbocycles. The topological polar surface area (TPSA) is 88.7 Å². The Morgan fingerprint density at radius 1 is 1.23 bits per heavy atom. The number of aryl methyl sites for hydroxylation is 2. The Labute approximate surface area is 183 Å². The van der Waals surface area contributed by atoms with Crippen LogP contribution in [0.3, 0.4) is 0 Å².